The van der Waals surface area contributed by atoms with E-state index >= 15 is 0 Å². The number of methoxy groups -OCH3 is 2. The first-order valence-electron chi connectivity index (χ1n) is 7.95. The molecule has 0 bridgehead atoms. The molecular weight excluding hydrogens is 451 g/mol. The third-order valence-electron chi connectivity index (χ3n) is 4.24. The van der Waals surface area contributed by atoms with Crippen molar-refractivity contribution in [2.75, 3.05) is 14.2 Å². The Bertz CT molecular complexity index is 833. The molecule has 0 radical (unpaired) electrons. The summed E-state index contributed by atoms with van der Waals surface area (Å²) in [6.45, 7) is 3.74. The Balaban J connectivity index is 2.73. The van der Waals surface area contributed by atoms with Crippen LogP contribution >= 0.6 is 0 Å². The van der Waals surface area contributed by atoms with Gasteiger partial charge in [0, 0.05) is 0 Å². The Hall–Kier alpha value is -1.74. The Kier molecular flexibility index (Phi) is 6.57. The number of ether oxygens (including phenoxy) is 2. The van der Waals surface area contributed by atoms with Gasteiger partial charge in [-0.2, -0.15) is 0 Å². The molecule has 0 amide bonds. The number of hydrogen-bond acceptors (Lipinski definition) is 4. The quantitative estimate of drug-likeness (QED) is 0.518. The van der Waals surface area contributed by atoms with Gasteiger partial charge in [0.25, 0.3) is 0 Å². The normalized spacial score (nSPS) is 12.4. The number of hydrogen-bond donors (Lipinski definition) is 1. The predicted molar refractivity (Wildman–Crippen MR) is 100 cm³/mol. The third-order valence-corrected chi connectivity index (χ3v) is 5.97. The van der Waals surface area contributed by atoms with E-state index in [1.165, 1.54) is 26.4 Å². The van der Waals surface area contributed by atoms with Gasteiger partial charge >= 0.3 is 165 Å². The molecule has 138 valence electrons. The van der Waals surface area contributed by atoms with E-state index in [-0.39, 0.29) is 0 Å². The van der Waals surface area contributed by atoms with Gasteiger partial charge in [0.05, 0.1) is 0 Å². The van der Waals surface area contributed by atoms with Gasteiger partial charge in [-0.3, -0.25) is 0 Å². The zero-order valence-electron chi connectivity index (χ0n) is 15.1. The summed E-state index contributed by atoms with van der Waals surface area (Å²) in [7, 11) is 2.79. The fraction of sp³-hybridized carbons (Fsp3) is 0.300. The van der Waals surface area contributed by atoms with Gasteiger partial charge < -0.3 is 0 Å². The fourth-order valence-corrected chi connectivity index (χ4v) is 2.95. The van der Waals surface area contributed by atoms with E-state index in [1.54, 1.807) is 46.1 Å². The van der Waals surface area contributed by atoms with Crippen molar-refractivity contribution in [3.05, 3.63) is 53.3 Å². The number of halogens is 1. The van der Waals surface area contributed by atoms with Crippen LogP contribution in [0.4, 0.5) is 4.39 Å². The van der Waals surface area contributed by atoms with Crippen LogP contribution in [-0.2, 0) is 4.74 Å². The second-order valence-electron chi connectivity index (χ2n) is 6.48. The molecule has 1 unspecified atom stereocenters. The van der Waals surface area contributed by atoms with Crippen molar-refractivity contribution in [2.24, 2.45) is 5.41 Å². The Morgan fingerprint density at radius 2 is 1.88 bits per heavy atom. The molecule has 6 heteroatoms. The van der Waals surface area contributed by atoms with E-state index in [1.807, 2.05) is 17.9 Å². The third kappa shape index (κ3) is 4.15. The van der Waals surface area contributed by atoms with Gasteiger partial charge in [0.15, 0.2) is 0 Å². The van der Waals surface area contributed by atoms with Crippen LogP contribution in [0.3, 0.4) is 0 Å². The van der Waals surface area contributed by atoms with Gasteiger partial charge in [-0.25, -0.2) is 0 Å². The zero-order valence-corrected chi connectivity index (χ0v) is 17.4. The number of benzene rings is 2. The molecule has 4 nitrogen and oxygen atoms in total. The van der Waals surface area contributed by atoms with Crippen LogP contribution in [0.2, 0.25) is 0 Å². The van der Waals surface area contributed by atoms with Crippen molar-refractivity contribution in [1.82, 2.24) is 0 Å². The summed E-state index contributed by atoms with van der Waals surface area (Å²) < 4.78 is 26.3. The summed E-state index contributed by atoms with van der Waals surface area (Å²) in [4.78, 5) is 11.9. The minimum atomic E-state index is -0.944. The Morgan fingerprint density at radius 3 is 2.46 bits per heavy atom. The SMILES string of the molecule is COC(=O)c1ccc(-c2cc(OC)ccc2F)c(C(O)C(C)(C)C=[Te])c1. The summed E-state index contributed by atoms with van der Waals surface area (Å²) in [5.74, 6) is -0.458. The van der Waals surface area contributed by atoms with Gasteiger partial charge in [0.2, 0.25) is 0 Å². The van der Waals surface area contributed by atoms with E-state index in [0.717, 1.165) is 0 Å². The van der Waals surface area contributed by atoms with Gasteiger partial charge in [-0.05, 0) is 0 Å². The molecule has 0 saturated heterocycles. The maximum atomic E-state index is 14.5. The Labute approximate surface area is 165 Å². The molecule has 0 heterocycles. The van der Waals surface area contributed by atoms with E-state index in [9.17, 15) is 14.3 Å². The van der Waals surface area contributed by atoms with Crippen LogP contribution in [0.5, 0.6) is 5.75 Å². The summed E-state index contributed by atoms with van der Waals surface area (Å²) in [6, 6.07) is 9.14. The molecule has 2 rings (SSSR count). The van der Waals surface area contributed by atoms with E-state index in [4.69, 9.17) is 9.47 Å². The summed E-state index contributed by atoms with van der Waals surface area (Å²) in [5, 5.41) is 11.0. The van der Waals surface area contributed by atoms with Crippen LogP contribution in [0.1, 0.15) is 35.9 Å². The minimum absolute atomic E-state index is 0.293. The zero-order chi connectivity index (χ0) is 19.5. The van der Waals surface area contributed by atoms with Gasteiger partial charge in [0.1, 0.15) is 0 Å². The Morgan fingerprint density at radius 1 is 1.19 bits per heavy atom. The molecule has 1 N–H and O–H groups in total. The van der Waals surface area contributed by atoms with Crippen molar-refractivity contribution in [2.45, 2.75) is 20.0 Å². The fourth-order valence-electron chi connectivity index (χ4n) is 2.58. The van der Waals surface area contributed by atoms with Crippen molar-refractivity contribution >= 4 is 31.8 Å². The topological polar surface area (TPSA) is 55.8 Å². The average Bonchev–Trinajstić information content (AvgIpc) is 2.66. The molecule has 0 fully saturated rings. The summed E-state index contributed by atoms with van der Waals surface area (Å²) >= 11 is 1.77. The molecule has 2 aromatic carbocycles. The van der Waals surface area contributed by atoms with Gasteiger partial charge in [-0.15, -0.1) is 0 Å². The van der Waals surface area contributed by atoms with Crippen molar-refractivity contribution in [1.29, 1.82) is 0 Å². The van der Waals surface area contributed by atoms with E-state index in [0.29, 0.717) is 28.0 Å². The molecule has 1 atom stereocenters. The average molecular weight is 472 g/mol. The molecule has 0 aliphatic carbocycles. The van der Waals surface area contributed by atoms with Crippen molar-refractivity contribution < 1.29 is 23.8 Å². The van der Waals surface area contributed by atoms with Crippen LogP contribution < -0.4 is 4.74 Å². The van der Waals surface area contributed by atoms with E-state index < -0.39 is 23.3 Å². The number of esters is 1. The first-order chi connectivity index (χ1) is 12.2. The first kappa shape index (κ1) is 20.6. The number of aliphatic hydroxyl groups is 1. The standard InChI is InChI=1S/C20H21FO4Te/c1-20(2,11-26)18(22)16-9-12(19(23)25-4)5-7-14(16)15-10-13(24-3)6-8-17(15)21/h5-11,18,22H,1-4H3. The van der Waals surface area contributed by atoms with Crippen LogP contribution in [0.25, 0.3) is 11.1 Å². The van der Waals surface area contributed by atoms with Crippen molar-refractivity contribution in [3.63, 3.8) is 0 Å². The monoisotopic (exact) mass is 474 g/mol. The molecule has 2 aromatic rings. The second-order valence-corrected chi connectivity index (χ2v) is 7.15. The summed E-state index contributed by atoms with van der Waals surface area (Å²) in [5.41, 5.74) is 0.954. The number of carbonyl (C=O) groups is 1. The molecular formula is C20H21FO4Te. The molecule has 0 aromatic heterocycles. The molecule has 0 saturated carbocycles. The summed E-state index contributed by atoms with van der Waals surface area (Å²) in [6.07, 6.45) is -0.944. The van der Waals surface area contributed by atoms with Crippen molar-refractivity contribution in [3.8, 4) is 16.9 Å². The number of aliphatic hydroxyl groups excluding tert-OH is 1. The van der Waals surface area contributed by atoms with E-state index in [2.05, 4.69) is 0 Å². The first-order valence-corrected chi connectivity index (χ1v) is 9.30. The maximum absolute atomic E-state index is 14.5. The number of carbonyl (C=O) groups excluding carboxylic acids is 1. The van der Waals surface area contributed by atoms with Gasteiger partial charge in [-0.1, -0.05) is 0 Å². The molecule has 0 spiro atoms. The van der Waals surface area contributed by atoms with Crippen LogP contribution in [-0.4, -0.2) is 51.2 Å². The second kappa shape index (κ2) is 8.30. The molecule has 26 heavy (non-hydrogen) atoms. The van der Waals surface area contributed by atoms with Crippen LogP contribution in [0.15, 0.2) is 36.4 Å². The predicted octanol–water partition coefficient (Wildman–Crippen LogP) is 3.32. The van der Waals surface area contributed by atoms with Crippen LogP contribution in [0, 0.1) is 11.2 Å². The molecule has 0 aliphatic heterocycles. The molecule has 0 aliphatic rings. The number of rotatable bonds is 6.